The van der Waals surface area contributed by atoms with Crippen LogP contribution in [0.25, 0.3) is 11.0 Å². The van der Waals surface area contributed by atoms with Crippen LogP contribution in [-0.2, 0) is 4.74 Å². The second-order valence-corrected chi connectivity index (χ2v) is 3.69. The molecule has 92 valence electrons. The lowest BCUT2D eigenvalue weighted by Gasteiger charge is -2.12. The number of ether oxygens (including phenoxy) is 1. The fourth-order valence-corrected chi connectivity index (χ4v) is 1.67. The minimum Gasteiger partial charge on any atom is -0.456 e. The van der Waals surface area contributed by atoms with Gasteiger partial charge in [-0.05, 0) is 19.1 Å². The molecule has 0 fully saturated rings. The second-order valence-electron chi connectivity index (χ2n) is 3.69. The smallest absolute Gasteiger partial charge is 0.169 e. The van der Waals surface area contributed by atoms with Crippen molar-refractivity contribution < 1.29 is 13.5 Å². The van der Waals surface area contributed by atoms with Crippen LogP contribution < -0.4 is 11.3 Å². The number of nitrogens with two attached hydrogens (primary N) is 1. The minimum absolute atomic E-state index is 0.249. The van der Waals surface area contributed by atoms with Crippen molar-refractivity contribution in [1.29, 1.82) is 0 Å². The lowest BCUT2D eigenvalue weighted by molar-refractivity contribution is 0.117. The Bertz CT molecular complexity index is 498. The number of hydrazine groups is 1. The highest BCUT2D eigenvalue weighted by Gasteiger charge is 2.16. The fraction of sp³-hybridized carbons (Fsp3) is 0.333. The Kier molecular flexibility index (Phi) is 3.73. The number of hydrogen-bond acceptors (Lipinski definition) is 4. The molecule has 0 aliphatic rings. The van der Waals surface area contributed by atoms with Crippen molar-refractivity contribution in [2.45, 2.75) is 13.0 Å². The van der Waals surface area contributed by atoms with Crippen LogP contribution in [0.2, 0.25) is 0 Å². The predicted octanol–water partition coefficient (Wildman–Crippen LogP) is 2.11. The molecule has 0 aliphatic heterocycles. The van der Waals surface area contributed by atoms with Crippen molar-refractivity contribution in [1.82, 2.24) is 5.43 Å². The molecule has 4 nitrogen and oxygen atoms in total. The molecule has 1 heterocycles. The van der Waals surface area contributed by atoms with Gasteiger partial charge in [0, 0.05) is 12.0 Å². The number of benzene rings is 1. The van der Waals surface area contributed by atoms with Gasteiger partial charge in [0.2, 0.25) is 0 Å². The minimum atomic E-state index is -0.374. The van der Waals surface area contributed by atoms with E-state index in [4.69, 9.17) is 15.0 Å². The molecular weight excluding hydrogens is 223 g/mol. The molecule has 2 aromatic rings. The molecule has 1 aromatic heterocycles. The number of hydrogen-bond donors (Lipinski definition) is 2. The highest BCUT2D eigenvalue weighted by molar-refractivity contribution is 5.78. The van der Waals surface area contributed by atoms with Gasteiger partial charge in [0.05, 0.1) is 6.61 Å². The molecule has 5 heteroatoms. The summed E-state index contributed by atoms with van der Waals surface area (Å²) < 4.78 is 24.2. The summed E-state index contributed by atoms with van der Waals surface area (Å²) in [5, 5.41) is 0.719. The molecule has 1 aromatic carbocycles. The maximum Gasteiger partial charge on any atom is 0.169 e. The Morgan fingerprint density at radius 1 is 1.53 bits per heavy atom. The van der Waals surface area contributed by atoms with Gasteiger partial charge in [-0.3, -0.25) is 5.84 Å². The normalized spacial score (nSPS) is 13.1. The summed E-state index contributed by atoms with van der Waals surface area (Å²) in [6.45, 7) is 2.87. The van der Waals surface area contributed by atoms with Gasteiger partial charge in [-0.15, -0.1) is 0 Å². The second kappa shape index (κ2) is 5.27. The number of rotatable bonds is 5. The lowest BCUT2D eigenvalue weighted by Crippen LogP contribution is -2.31. The van der Waals surface area contributed by atoms with Gasteiger partial charge in [0.1, 0.15) is 11.8 Å². The zero-order chi connectivity index (χ0) is 12.3. The maximum atomic E-state index is 13.4. The van der Waals surface area contributed by atoms with E-state index in [1.165, 1.54) is 6.07 Å². The molecule has 0 radical (unpaired) electrons. The number of halogens is 1. The average Bonchev–Trinajstić information content (AvgIpc) is 2.75. The Morgan fingerprint density at radius 3 is 3.00 bits per heavy atom. The SMILES string of the molecule is CCOCC(NN)c1cc2cccc(F)c2o1. The summed E-state index contributed by atoms with van der Waals surface area (Å²) in [6, 6.07) is 6.29. The first-order valence-electron chi connectivity index (χ1n) is 5.48. The Morgan fingerprint density at radius 2 is 2.35 bits per heavy atom. The molecule has 1 atom stereocenters. The number of para-hydroxylation sites is 1. The third kappa shape index (κ3) is 2.46. The van der Waals surface area contributed by atoms with Crippen LogP contribution in [-0.4, -0.2) is 13.2 Å². The van der Waals surface area contributed by atoms with Gasteiger partial charge in [0.25, 0.3) is 0 Å². The molecule has 0 saturated heterocycles. The number of nitrogens with one attached hydrogen (secondary N) is 1. The van der Waals surface area contributed by atoms with Crippen molar-refractivity contribution in [3.8, 4) is 0 Å². The van der Waals surface area contributed by atoms with Gasteiger partial charge < -0.3 is 9.15 Å². The van der Waals surface area contributed by atoms with Crippen LogP contribution in [0.4, 0.5) is 4.39 Å². The third-order valence-electron chi connectivity index (χ3n) is 2.55. The molecular formula is C12H15FN2O2. The van der Waals surface area contributed by atoms with Crippen LogP contribution in [0.3, 0.4) is 0 Å². The summed E-state index contributed by atoms with van der Waals surface area (Å²) in [4.78, 5) is 0. The largest absolute Gasteiger partial charge is 0.456 e. The molecule has 3 N–H and O–H groups in total. The van der Waals surface area contributed by atoms with E-state index < -0.39 is 0 Å². The van der Waals surface area contributed by atoms with Gasteiger partial charge in [-0.2, -0.15) is 0 Å². The zero-order valence-corrected chi connectivity index (χ0v) is 9.57. The lowest BCUT2D eigenvalue weighted by atomic mass is 10.2. The Hall–Kier alpha value is -1.43. The monoisotopic (exact) mass is 238 g/mol. The molecule has 1 unspecified atom stereocenters. The Labute approximate surface area is 98.5 Å². The first-order valence-corrected chi connectivity index (χ1v) is 5.48. The maximum absolute atomic E-state index is 13.4. The highest BCUT2D eigenvalue weighted by atomic mass is 19.1. The van der Waals surface area contributed by atoms with E-state index >= 15 is 0 Å². The molecule has 0 amide bonds. The first-order chi connectivity index (χ1) is 8.26. The van der Waals surface area contributed by atoms with Crippen LogP contribution in [0.5, 0.6) is 0 Å². The molecule has 0 spiro atoms. The number of fused-ring (bicyclic) bond motifs is 1. The van der Waals surface area contributed by atoms with Crippen LogP contribution in [0.15, 0.2) is 28.7 Å². The fourth-order valence-electron chi connectivity index (χ4n) is 1.67. The van der Waals surface area contributed by atoms with Crippen molar-refractivity contribution in [2.75, 3.05) is 13.2 Å². The van der Waals surface area contributed by atoms with E-state index in [9.17, 15) is 4.39 Å². The van der Waals surface area contributed by atoms with Gasteiger partial charge in [-0.25, -0.2) is 9.82 Å². The van der Waals surface area contributed by atoms with E-state index in [0.717, 1.165) is 5.39 Å². The topological polar surface area (TPSA) is 60.4 Å². The summed E-state index contributed by atoms with van der Waals surface area (Å²) in [5.74, 6) is 5.62. The van der Waals surface area contributed by atoms with Crippen LogP contribution >= 0.6 is 0 Å². The zero-order valence-electron chi connectivity index (χ0n) is 9.57. The third-order valence-corrected chi connectivity index (χ3v) is 2.55. The van der Waals surface area contributed by atoms with E-state index in [-0.39, 0.29) is 17.4 Å². The van der Waals surface area contributed by atoms with Gasteiger partial charge in [-0.1, -0.05) is 12.1 Å². The van der Waals surface area contributed by atoms with E-state index in [2.05, 4.69) is 5.43 Å². The summed E-state index contributed by atoms with van der Waals surface area (Å²) >= 11 is 0. The van der Waals surface area contributed by atoms with Crippen LogP contribution in [0, 0.1) is 5.82 Å². The van der Waals surface area contributed by atoms with Gasteiger partial charge >= 0.3 is 0 Å². The van der Waals surface area contributed by atoms with Crippen molar-refractivity contribution in [3.63, 3.8) is 0 Å². The van der Waals surface area contributed by atoms with E-state index in [1.54, 1.807) is 18.2 Å². The summed E-state index contributed by atoms with van der Waals surface area (Å²) in [5.41, 5.74) is 2.84. The van der Waals surface area contributed by atoms with E-state index in [0.29, 0.717) is 19.0 Å². The molecule has 0 bridgehead atoms. The van der Waals surface area contributed by atoms with E-state index in [1.807, 2.05) is 6.92 Å². The molecule has 17 heavy (non-hydrogen) atoms. The standard InChI is InChI=1S/C12H15FN2O2/c1-2-16-7-10(15-14)11-6-8-4-3-5-9(13)12(8)17-11/h3-6,10,15H,2,7,14H2,1H3. The summed E-state index contributed by atoms with van der Waals surface area (Å²) in [6.07, 6.45) is 0. The van der Waals surface area contributed by atoms with Crippen LogP contribution in [0.1, 0.15) is 18.7 Å². The van der Waals surface area contributed by atoms with Gasteiger partial charge in [0.15, 0.2) is 11.4 Å². The average molecular weight is 238 g/mol. The van der Waals surface area contributed by atoms with Crippen molar-refractivity contribution in [2.24, 2.45) is 5.84 Å². The molecule has 2 rings (SSSR count). The van der Waals surface area contributed by atoms with Crippen molar-refractivity contribution in [3.05, 3.63) is 35.8 Å². The summed E-state index contributed by atoms with van der Waals surface area (Å²) in [7, 11) is 0. The first kappa shape index (κ1) is 12.0. The highest BCUT2D eigenvalue weighted by Crippen LogP contribution is 2.25. The quantitative estimate of drug-likeness (QED) is 0.618. The Balaban J connectivity index is 2.31. The molecule has 0 aliphatic carbocycles. The van der Waals surface area contributed by atoms with Crippen molar-refractivity contribution >= 4 is 11.0 Å². The molecule has 0 saturated carbocycles. The number of furan rings is 1. The predicted molar refractivity (Wildman–Crippen MR) is 62.7 cm³/mol.